The lowest BCUT2D eigenvalue weighted by Gasteiger charge is -2.18. The van der Waals surface area contributed by atoms with Gasteiger partial charge in [-0.1, -0.05) is 0 Å². The fourth-order valence-electron chi connectivity index (χ4n) is 1.74. The number of halogens is 3. The standard InChI is InChI=1S/C13H19F3N2O3/c1-18(9-13(14,15)16)7-3-6-17-12(19)11-5-4-10(21-11)8-20-2/h4-5H,3,6-9H2,1-2H3,(H,17,19). The van der Waals surface area contributed by atoms with Crippen molar-refractivity contribution in [2.45, 2.75) is 19.2 Å². The predicted molar refractivity (Wildman–Crippen MR) is 69.9 cm³/mol. The van der Waals surface area contributed by atoms with E-state index in [1.54, 1.807) is 6.07 Å². The second-order valence-corrected chi connectivity index (χ2v) is 4.66. The minimum atomic E-state index is -4.20. The molecule has 8 heteroatoms. The van der Waals surface area contributed by atoms with Crippen molar-refractivity contribution < 1.29 is 27.1 Å². The van der Waals surface area contributed by atoms with Crippen LogP contribution in [0.4, 0.5) is 13.2 Å². The second-order valence-electron chi connectivity index (χ2n) is 4.66. The number of amides is 1. The van der Waals surface area contributed by atoms with Crippen molar-refractivity contribution in [2.75, 3.05) is 33.8 Å². The lowest BCUT2D eigenvalue weighted by molar-refractivity contribution is -0.143. The van der Waals surface area contributed by atoms with Gasteiger partial charge in [-0.3, -0.25) is 9.69 Å². The molecule has 0 spiro atoms. The molecule has 0 radical (unpaired) electrons. The molecular formula is C13H19F3N2O3. The van der Waals surface area contributed by atoms with Crippen LogP contribution in [0.1, 0.15) is 22.7 Å². The number of nitrogens with one attached hydrogen (secondary N) is 1. The zero-order valence-electron chi connectivity index (χ0n) is 12.0. The summed E-state index contributed by atoms with van der Waals surface area (Å²) < 4.78 is 46.4. The van der Waals surface area contributed by atoms with Crippen LogP contribution < -0.4 is 5.32 Å². The van der Waals surface area contributed by atoms with Crippen molar-refractivity contribution in [1.82, 2.24) is 10.2 Å². The van der Waals surface area contributed by atoms with E-state index in [1.165, 1.54) is 20.2 Å². The SMILES string of the molecule is COCc1ccc(C(=O)NCCCN(C)CC(F)(F)F)o1. The highest BCUT2D eigenvalue weighted by Crippen LogP contribution is 2.15. The van der Waals surface area contributed by atoms with Gasteiger partial charge in [0.25, 0.3) is 5.91 Å². The van der Waals surface area contributed by atoms with Crippen LogP contribution in [-0.4, -0.2) is 50.8 Å². The van der Waals surface area contributed by atoms with Crippen LogP contribution in [0, 0.1) is 0 Å². The number of carbonyl (C=O) groups is 1. The molecule has 0 saturated carbocycles. The molecule has 0 aliphatic carbocycles. The zero-order chi connectivity index (χ0) is 15.9. The zero-order valence-corrected chi connectivity index (χ0v) is 12.0. The number of furan rings is 1. The molecule has 0 unspecified atom stereocenters. The Bertz CT molecular complexity index is 446. The van der Waals surface area contributed by atoms with Crippen LogP contribution in [0.2, 0.25) is 0 Å². The minimum Gasteiger partial charge on any atom is -0.453 e. The van der Waals surface area contributed by atoms with E-state index in [0.717, 1.165) is 4.90 Å². The molecule has 1 heterocycles. The minimum absolute atomic E-state index is 0.158. The van der Waals surface area contributed by atoms with E-state index in [2.05, 4.69) is 5.32 Å². The molecule has 0 aliphatic rings. The third kappa shape index (κ3) is 7.14. The molecule has 0 atom stereocenters. The number of hydrogen-bond donors (Lipinski definition) is 1. The normalized spacial score (nSPS) is 11.9. The van der Waals surface area contributed by atoms with Gasteiger partial charge in [-0.15, -0.1) is 0 Å². The molecule has 0 bridgehead atoms. The summed E-state index contributed by atoms with van der Waals surface area (Å²) in [7, 11) is 2.90. The molecule has 0 fully saturated rings. The average molecular weight is 308 g/mol. The van der Waals surface area contributed by atoms with E-state index in [-0.39, 0.29) is 25.5 Å². The van der Waals surface area contributed by atoms with Crippen LogP contribution in [0.15, 0.2) is 16.5 Å². The first-order chi connectivity index (χ1) is 9.81. The Morgan fingerprint density at radius 2 is 2.14 bits per heavy atom. The number of alkyl halides is 3. The van der Waals surface area contributed by atoms with E-state index >= 15 is 0 Å². The monoisotopic (exact) mass is 308 g/mol. The summed E-state index contributed by atoms with van der Waals surface area (Å²) in [5.74, 6) is 0.300. The van der Waals surface area contributed by atoms with E-state index in [1.807, 2.05) is 0 Å². The van der Waals surface area contributed by atoms with Gasteiger partial charge in [-0.05, 0) is 32.1 Å². The van der Waals surface area contributed by atoms with Crippen molar-refractivity contribution in [2.24, 2.45) is 0 Å². The third-order valence-electron chi connectivity index (χ3n) is 2.62. The molecule has 1 aromatic rings. The van der Waals surface area contributed by atoms with Gasteiger partial charge in [0, 0.05) is 13.7 Å². The van der Waals surface area contributed by atoms with Crippen LogP contribution in [0.5, 0.6) is 0 Å². The Kier molecular flexibility index (Phi) is 6.70. The summed E-state index contributed by atoms with van der Waals surface area (Å²) in [6.07, 6.45) is -3.78. The van der Waals surface area contributed by atoms with Crippen molar-refractivity contribution in [1.29, 1.82) is 0 Å². The van der Waals surface area contributed by atoms with Crippen LogP contribution in [0.3, 0.4) is 0 Å². The fourth-order valence-corrected chi connectivity index (χ4v) is 1.74. The second kappa shape index (κ2) is 8.04. The highest BCUT2D eigenvalue weighted by molar-refractivity contribution is 5.91. The van der Waals surface area contributed by atoms with Crippen LogP contribution >= 0.6 is 0 Å². The van der Waals surface area contributed by atoms with Gasteiger partial charge in [0.05, 0.1) is 6.54 Å². The Labute approximate surface area is 121 Å². The smallest absolute Gasteiger partial charge is 0.401 e. The number of hydrogen-bond acceptors (Lipinski definition) is 4. The Balaban J connectivity index is 2.24. The van der Waals surface area contributed by atoms with E-state index < -0.39 is 18.6 Å². The highest BCUT2D eigenvalue weighted by atomic mass is 19.4. The molecule has 1 amide bonds. The first-order valence-corrected chi connectivity index (χ1v) is 6.43. The van der Waals surface area contributed by atoms with Gasteiger partial charge in [-0.25, -0.2) is 0 Å². The molecule has 1 rings (SSSR count). The maximum Gasteiger partial charge on any atom is 0.401 e. The molecule has 0 saturated heterocycles. The molecule has 1 N–H and O–H groups in total. The number of ether oxygens (including phenoxy) is 1. The summed E-state index contributed by atoms with van der Waals surface area (Å²) in [5.41, 5.74) is 0. The number of nitrogens with zero attached hydrogens (tertiary/aromatic N) is 1. The molecule has 5 nitrogen and oxygen atoms in total. The first kappa shape index (κ1) is 17.5. The van der Waals surface area contributed by atoms with Gasteiger partial charge in [0.2, 0.25) is 0 Å². The van der Waals surface area contributed by atoms with Gasteiger partial charge in [-0.2, -0.15) is 13.2 Å². The van der Waals surface area contributed by atoms with Crippen molar-refractivity contribution in [3.63, 3.8) is 0 Å². The Hall–Kier alpha value is -1.54. The maximum absolute atomic E-state index is 12.1. The molecule has 0 aliphatic heterocycles. The maximum atomic E-state index is 12.1. The number of methoxy groups -OCH3 is 1. The molecular weight excluding hydrogens is 289 g/mol. The van der Waals surface area contributed by atoms with Gasteiger partial charge in [0.15, 0.2) is 5.76 Å². The third-order valence-corrected chi connectivity index (χ3v) is 2.62. The summed E-state index contributed by atoms with van der Waals surface area (Å²) in [4.78, 5) is 12.9. The van der Waals surface area contributed by atoms with Gasteiger partial charge >= 0.3 is 6.18 Å². The van der Waals surface area contributed by atoms with Gasteiger partial charge in [0.1, 0.15) is 12.4 Å². The molecule has 21 heavy (non-hydrogen) atoms. The quantitative estimate of drug-likeness (QED) is 0.747. The first-order valence-electron chi connectivity index (χ1n) is 6.43. The number of carbonyl (C=O) groups excluding carboxylic acids is 1. The van der Waals surface area contributed by atoms with E-state index in [9.17, 15) is 18.0 Å². The van der Waals surface area contributed by atoms with Crippen molar-refractivity contribution in [3.8, 4) is 0 Å². The summed E-state index contributed by atoms with van der Waals surface area (Å²) >= 11 is 0. The van der Waals surface area contributed by atoms with Crippen LogP contribution in [-0.2, 0) is 11.3 Å². The Morgan fingerprint density at radius 3 is 2.76 bits per heavy atom. The lowest BCUT2D eigenvalue weighted by Crippen LogP contribution is -2.33. The summed E-state index contributed by atoms with van der Waals surface area (Å²) in [6, 6.07) is 3.16. The number of rotatable bonds is 8. The van der Waals surface area contributed by atoms with Crippen molar-refractivity contribution in [3.05, 3.63) is 23.7 Å². The summed E-state index contributed by atoms with van der Waals surface area (Å²) in [5, 5.41) is 2.59. The molecule has 1 aromatic heterocycles. The van der Waals surface area contributed by atoms with Crippen LogP contribution in [0.25, 0.3) is 0 Å². The summed E-state index contributed by atoms with van der Waals surface area (Å²) in [6.45, 7) is -0.163. The van der Waals surface area contributed by atoms with E-state index in [4.69, 9.17) is 9.15 Å². The average Bonchev–Trinajstić information content (AvgIpc) is 2.81. The van der Waals surface area contributed by atoms with Crippen molar-refractivity contribution >= 4 is 5.91 Å². The Morgan fingerprint density at radius 1 is 1.43 bits per heavy atom. The topological polar surface area (TPSA) is 54.7 Å². The largest absolute Gasteiger partial charge is 0.453 e. The van der Waals surface area contributed by atoms with E-state index in [0.29, 0.717) is 12.2 Å². The lowest BCUT2D eigenvalue weighted by atomic mass is 10.3. The fraction of sp³-hybridized carbons (Fsp3) is 0.615. The van der Waals surface area contributed by atoms with Gasteiger partial charge < -0.3 is 14.5 Å². The predicted octanol–water partition coefficient (Wildman–Crippen LogP) is 2.04. The molecule has 120 valence electrons. The highest BCUT2D eigenvalue weighted by Gasteiger charge is 2.28. The molecule has 0 aromatic carbocycles.